The summed E-state index contributed by atoms with van der Waals surface area (Å²) < 4.78 is 5.31. The highest BCUT2D eigenvalue weighted by Gasteiger charge is 2.21. The fourth-order valence-corrected chi connectivity index (χ4v) is 2.50. The van der Waals surface area contributed by atoms with Gasteiger partial charge in [-0.25, -0.2) is 9.78 Å². The molecule has 1 aliphatic heterocycles. The first-order chi connectivity index (χ1) is 9.99. The number of aromatic nitrogens is 1. The van der Waals surface area contributed by atoms with Gasteiger partial charge in [0.2, 0.25) is 0 Å². The van der Waals surface area contributed by atoms with Gasteiger partial charge in [-0.05, 0) is 37.8 Å². The Morgan fingerprint density at radius 3 is 2.62 bits per heavy atom. The predicted octanol–water partition coefficient (Wildman–Crippen LogP) is 1.59. The molecule has 0 saturated carbocycles. The molecular formula is C15H20N2O4. The maximum absolute atomic E-state index is 12.3. The first kappa shape index (κ1) is 15.4. The lowest BCUT2D eigenvalue weighted by molar-refractivity contribution is 0.0495. The molecule has 0 radical (unpaired) electrons. The third-order valence-corrected chi connectivity index (χ3v) is 3.75. The van der Waals surface area contributed by atoms with Crippen molar-refractivity contribution in [2.75, 3.05) is 26.8 Å². The Hall–Kier alpha value is -1.95. The lowest BCUT2D eigenvalue weighted by Gasteiger charge is -2.27. The highest BCUT2D eigenvalue weighted by Crippen LogP contribution is 2.17. The van der Waals surface area contributed by atoms with Crippen LogP contribution in [0.2, 0.25) is 0 Å². The molecular weight excluding hydrogens is 272 g/mol. The highest BCUT2D eigenvalue weighted by molar-refractivity contribution is 5.94. The van der Waals surface area contributed by atoms with Crippen molar-refractivity contribution in [3.05, 3.63) is 29.1 Å². The van der Waals surface area contributed by atoms with E-state index in [0.29, 0.717) is 18.2 Å². The van der Waals surface area contributed by atoms with Crippen molar-refractivity contribution in [3.8, 4) is 0 Å². The Morgan fingerprint density at radius 1 is 1.38 bits per heavy atom. The van der Waals surface area contributed by atoms with Crippen molar-refractivity contribution < 1.29 is 19.4 Å². The van der Waals surface area contributed by atoms with Crippen molar-refractivity contribution in [2.45, 2.75) is 19.8 Å². The molecule has 0 aliphatic carbocycles. The van der Waals surface area contributed by atoms with E-state index in [-0.39, 0.29) is 17.2 Å². The fraction of sp³-hybridized carbons (Fsp3) is 0.533. The molecule has 1 N–H and O–H groups in total. The normalized spacial score (nSPS) is 15.7. The average Bonchev–Trinajstić information content (AvgIpc) is 2.47. The zero-order chi connectivity index (χ0) is 15.4. The van der Waals surface area contributed by atoms with Crippen molar-refractivity contribution in [1.29, 1.82) is 0 Å². The Balaban J connectivity index is 2.04. The number of hydrogen-bond donors (Lipinski definition) is 1. The van der Waals surface area contributed by atoms with Crippen LogP contribution >= 0.6 is 0 Å². The van der Waals surface area contributed by atoms with Gasteiger partial charge >= 0.3 is 5.97 Å². The summed E-state index contributed by atoms with van der Waals surface area (Å²) in [5, 5.41) is 8.97. The average molecular weight is 292 g/mol. The summed E-state index contributed by atoms with van der Waals surface area (Å²) >= 11 is 0. The zero-order valence-electron chi connectivity index (χ0n) is 12.3. The molecule has 0 unspecified atom stereocenters. The third kappa shape index (κ3) is 3.78. The molecule has 1 amide bonds. The molecule has 0 atom stereocenters. The second-order valence-electron chi connectivity index (χ2n) is 5.38. The number of nitrogens with zero attached hydrogens (tertiary/aromatic N) is 2. The van der Waals surface area contributed by atoms with E-state index in [1.54, 1.807) is 18.9 Å². The summed E-state index contributed by atoms with van der Waals surface area (Å²) in [5.74, 6) is -0.761. The van der Waals surface area contributed by atoms with E-state index in [0.717, 1.165) is 26.1 Å². The topological polar surface area (TPSA) is 79.7 Å². The monoisotopic (exact) mass is 292 g/mol. The molecule has 1 fully saturated rings. The molecule has 1 aliphatic rings. The number of ether oxygens (including phenoxy) is 1. The van der Waals surface area contributed by atoms with Gasteiger partial charge in [0.25, 0.3) is 5.91 Å². The summed E-state index contributed by atoms with van der Waals surface area (Å²) in [6, 6.07) is 2.90. The zero-order valence-corrected chi connectivity index (χ0v) is 12.3. The summed E-state index contributed by atoms with van der Waals surface area (Å²) in [4.78, 5) is 29.1. The first-order valence-corrected chi connectivity index (χ1v) is 7.03. The van der Waals surface area contributed by atoms with E-state index in [1.165, 1.54) is 12.1 Å². The molecule has 2 rings (SSSR count). The highest BCUT2D eigenvalue weighted by atomic mass is 16.5. The van der Waals surface area contributed by atoms with Crippen molar-refractivity contribution in [2.24, 2.45) is 5.92 Å². The smallest absolute Gasteiger partial charge is 0.337 e. The standard InChI is InChI=1S/C15H20N2O4/c1-10-12(15(19)20)3-4-13(16-10)14(18)17(2)9-11-5-7-21-8-6-11/h3-4,11H,5-9H2,1-2H3,(H,19,20). The van der Waals surface area contributed by atoms with E-state index < -0.39 is 5.97 Å². The Morgan fingerprint density at radius 2 is 2.05 bits per heavy atom. The molecule has 1 aromatic heterocycles. The number of carbonyl (C=O) groups excluding carboxylic acids is 1. The fourth-order valence-electron chi connectivity index (χ4n) is 2.50. The van der Waals surface area contributed by atoms with Crippen molar-refractivity contribution in [3.63, 3.8) is 0 Å². The van der Waals surface area contributed by atoms with Crippen LogP contribution in [0.1, 0.15) is 39.4 Å². The SMILES string of the molecule is Cc1nc(C(=O)N(C)CC2CCOCC2)ccc1C(=O)O. The van der Waals surface area contributed by atoms with E-state index in [2.05, 4.69) is 4.98 Å². The van der Waals surface area contributed by atoms with Crippen LogP contribution in [0.4, 0.5) is 0 Å². The molecule has 6 nitrogen and oxygen atoms in total. The molecule has 2 heterocycles. The van der Waals surface area contributed by atoms with Crippen molar-refractivity contribution >= 4 is 11.9 Å². The van der Waals surface area contributed by atoms with Crippen LogP contribution in [0.15, 0.2) is 12.1 Å². The molecule has 6 heteroatoms. The van der Waals surface area contributed by atoms with Gasteiger partial charge < -0.3 is 14.7 Å². The maximum atomic E-state index is 12.3. The lowest BCUT2D eigenvalue weighted by Crippen LogP contribution is -2.34. The van der Waals surface area contributed by atoms with E-state index in [1.807, 2.05) is 0 Å². The second kappa shape index (κ2) is 6.67. The molecule has 1 aromatic rings. The van der Waals surface area contributed by atoms with Gasteiger partial charge in [-0.15, -0.1) is 0 Å². The van der Waals surface area contributed by atoms with Gasteiger partial charge in [-0.2, -0.15) is 0 Å². The number of rotatable bonds is 4. The predicted molar refractivity (Wildman–Crippen MR) is 76.4 cm³/mol. The van der Waals surface area contributed by atoms with Crippen LogP contribution in [-0.2, 0) is 4.74 Å². The number of aromatic carboxylic acids is 1. The van der Waals surface area contributed by atoms with E-state index >= 15 is 0 Å². The second-order valence-corrected chi connectivity index (χ2v) is 5.38. The lowest BCUT2D eigenvalue weighted by atomic mass is 10.00. The quantitative estimate of drug-likeness (QED) is 0.911. The van der Waals surface area contributed by atoms with Crippen LogP contribution in [-0.4, -0.2) is 53.7 Å². The number of pyridine rings is 1. The van der Waals surface area contributed by atoms with Gasteiger partial charge in [-0.3, -0.25) is 4.79 Å². The van der Waals surface area contributed by atoms with Crippen molar-refractivity contribution in [1.82, 2.24) is 9.88 Å². The van der Waals surface area contributed by atoms with Crippen LogP contribution in [0.25, 0.3) is 0 Å². The van der Waals surface area contributed by atoms with Gasteiger partial charge in [0.15, 0.2) is 0 Å². The summed E-state index contributed by atoms with van der Waals surface area (Å²) in [5.41, 5.74) is 0.763. The summed E-state index contributed by atoms with van der Waals surface area (Å²) in [6.07, 6.45) is 1.92. The van der Waals surface area contributed by atoms with Crippen LogP contribution < -0.4 is 0 Å². The summed E-state index contributed by atoms with van der Waals surface area (Å²) in [7, 11) is 1.75. The van der Waals surface area contributed by atoms with E-state index in [4.69, 9.17) is 9.84 Å². The van der Waals surface area contributed by atoms with Gasteiger partial charge in [0.1, 0.15) is 5.69 Å². The van der Waals surface area contributed by atoms with Crippen LogP contribution in [0.5, 0.6) is 0 Å². The van der Waals surface area contributed by atoms with Crippen LogP contribution in [0.3, 0.4) is 0 Å². The Bertz CT molecular complexity index is 538. The number of amides is 1. The molecule has 21 heavy (non-hydrogen) atoms. The Labute approximate surface area is 123 Å². The molecule has 114 valence electrons. The third-order valence-electron chi connectivity index (χ3n) is 3.75. The molecule has 1 saturated heterocycles. The van der Waals surface area contributed by atoms with E-state index in [9.17, 15) is 9.59 Å². The summed E-state index contributed by atoms with van der Waals surface area (Å²) in [6.45, 7) is 3.76. The number of carboxylic acid groups (broad SMARTS) is 1. The first-order valence-electron chi connectivity index (χ1n) is 7.03. The molecule has 0 spiro atoms. The molecule has 0 bridgehead atoms. The minimum Gasteiger partial charge on any atom is -0.478 e. The minimum atomic E-state index is -1.03. The van der Waals surface area contributed by atoms with Gasteiger partial charge in [0.05, 0.1) is 11.3 Å². The largest absolute Gasteiger partial charge is 0.478 e. The number of hydrogen-bond acceptors (Lipinski definition) is 4. The number of carbonyl (C=O) groups is 2. The minimum absolute atomic E-state index is 0.124. The molecule has 0 aromatic carbocycles. The van der Waals surface area contributed by atoms with Gasteiger partial charge in [-0.1, -0.05) is 0 Å². The number of aryl methyl sites for hydroxylation is 1. The Kier molecular flexibility index (Phi) is 4.90. The maximum Gasteiger partial charge on any atom is 0.337 e. The van der Waals surface area contributed by atoms with Gasteiger partial charge in [0, 0.05) is 26.8 Å². The number of carboxylic acids is 1. The van der Waals surface area contributed by atoms with Crippen LogP contribution in [0, 0.1) is 12.8 Å².